The van der Waals surface area contributed by atoms with Gasteiger partial charge in [0.15, 0.2) is 0 Å². The van der Waals surface area contributed by atoms with Crippen LogP contribution >= 0.6 is 0 Å². The van der Waals surface area contributed by atoms with E-state index in [2.05, 4.69) is 4.72 Å². The van der Waals surface area contributed by atoms with E-state index in [1.807, 2.05) is 67.6 Å². The van der Waals surface area contributed by atoms with Gasteiger partial charge in [0.1, 0.15) is 11.8 Å². The highest BCUT2D eigenvalue weighted by molar-refractivity contribution is 7.89. The van der Waals surface area contributed by atoms with Crippen LogP contribution in [0.25, 0.3) is 0 Å². The lowest BCUT2D eigenvalue weighted by molar-refractivity contribution is -0.132. The summed E-state index contributed by atoms with van der Waals surface area (Å²) in [7, 11) is -2.24. The van der Waals surface area contributed by atoms with E-state index in [1.54, 1.807) is 24.1 Å². The highest BCUT2D eigenvalue weighted by Gasteiger charge is 2.28. The average Bonchev–Trinajstić information content (AvgIpc) is 2.80. The predicted molar refractivity (Wildman–Crippen MR) is 125 cm³/mol. The number of sulfonamides is 1. The highest BCUT2D eigenvalue weighted by atomic mass is 32.2. The molecule has 0 fully saturated rings. The number of hydrogen-bond donors (Lipinski definition) is 1. The van der Waals surface area contributed by atoms with Gasteiger partial charge >= 0.3 is 0 Å². The number of amides is 1. The molecule has 32 heavy (non-hydrogen) atoms. The van der Waals surface area contributed by atoms with Gasteiger partial charge in [-0.2, -0.15) is 4.72 Å². The third-order valence-electron chi connectivity index (χ3n) is 4.96. The quantitative estimate of drug-likeness (QED) is 0.510. The third kappa shape index (κ3) is 6.42. The molecule has 0 bridgehead atoms. The lowest BCUT2D eigenvalue weighted by Crippen LogP contribution is -2.48. The molecular formula is C25H28N2O4S. The molecule has 6 nitrogen and oxygen atoms in total. The van der Waals surface area contributed by atoms with Crippen LogP contribution < -0.4 is 9.46 Å². The summed E-state index contributed by atoms with van der Waals surface area (Å²) in [6.07, 6.45) is 0.245. The van der Waals surface area contributed by atoms with E-state index in [0.29, 0.717) is 18.9 Å². The summed E-state index contributed by atoms with van der Waals surface area (Å²) >= 11 is 0. The van der Waals surface area contributed by atoms with Crippen molar-refractivity contribution in [3.8, 4) is 5.75 Å². The number of carbonyl (C=O) groups is 1. The van der Waals surface area contributed by atoms with E-state index in [9.17, 15) is 13.2 Å². The molecule has 0 aliphatic rings. The number of benzene rings is 3. The van der Waals surface area contributed by atoms with Crippen molar-refractivity contribution < 1.29 is 17.9 Å². The van der Waals surface area contributed by atoms with Crippen LogP contribution in [-0.4, -0.2) is 38.9 Å². The van der Waals surface area contributed by atoms with Crippen molar-refractivity contribution in [3.63, 3.8) is 0 Å². The van der Waals surface area contributed by atoms with Gasteiger partial charge in [0.2, 0.25) is 15.9 Å². The monoisotopic (exact) mass is 452 g/mol. The minimum atomic E-state index is -3.92. The van der Waals surface area contributed by atoms with E-state index in [-0.39, 0.29) is 17.2 Å². The van der Waals surface area contributed by atoms with Crippen LogP contribution in [0.15, 0.2) is 89.8 Å². The molecule has 3 aromatic carbocycles. The third-order valence-corrected chi connectivity index (χ3v) is 6.45. The van der Waals surface area contributed by atoms with E-state index >= 15 is 0 Å². The molecule has 3 rings (SSSR count). The van der Waals surface area contributed by atoms with Crippen molar-refractivity contribution in [1.82, 2.24) is 9.62 Å². The molecule has 0 unspecified atom stereocenters. The summed E-state index contributed by atoms with van der Waals surface area (Å²) in [4.78, 5) is 14.9. The average molecular weight is 453 g/mol. The second-order valence-corrected chi connectivity index (χ2v) is 9.16. The van der Waals surface area contributed by atoms with E-state index in [1.165, 1.54) is 12.1 Å². The fourth-order valence-corrected chi connectivity index (χ4v) is 4.56. The molecule has 7 heteroatoms. The van der Waals surface area contributed by atoms with Crippen LogP contribution in [0.3, 0.4) is 0 Å². The van der Waals surface area contributed by atoms with Crippen LogP contribution in [0.5, 0.6) is 5.75 Å². The molecule has 0 heterocycles. The van der Waals surface area contributed by atoms with E-state index in [0.717, 1.165) is 11.1 Å². The predicted octanol–water partition coefficient (Wildman–Crippen LogP) is 3.63. The van der Waals surface area contributed by atoms with Crippen molar-refractivity contribution in [2.75, 3.05) is 13.7 Å². The van der Waals surface area contributed by atoms with Crippen LogP contribution in [0, 0.1) is 0 Å². The van der Waals surface area contributed by atoms with Crippen LogP contribution in [0.1, 0.15) is 18.1 Å². The Bertz CT molecular complexity index is 1100. The fourth-order valence-electron chi connectivity index (χ4n) is 3.37. The Balaban J connectivity index is 1.82. The molecule has 0 radical (unpaired) electrons. The summed E-state index contributed by atoms with van der Waals surface area (Å²) in [5.74, 6) is 0.290. The second kappa shape index (κ2) is 10.9. The Kier molecular flexibility index (Phi) is 8.03. The first-order valence-electron chi connectivity index (χ1n) is 10.5. The summed E-state index contributed by atoms with van der Waals surface area (Å²) in [6, 6.07) is 24.2. The van der Waals surface area contributed by atoms with Crippen molar-refractivity contribution in [3.05, 3.63) is 96.1 Å². The first-order chi connectivity index (χ1) is 15.4. The number of nitrogens with zero attached hydrogens (tertiary/aromatic N) is 1. The van der Waals surface area contributed by atoms with Gasteiger partial charge in [0.25, 0.3) is 0 Å². The van der Waals surface area contributed by atoms with Gasteiger partial charge in [-0.1, -0.05) is 60.7 Å². The Morgan fingerprint density at radius 3 is 2.03 bits per heavy atom. The Hall–Kier alpha value is -3.16. The van der Waals surface area contributed by atoms with Crippen LogP contribution in [-0.2, 0) is 27.8 Å². The smallest absolute Gasteiger partial charge is 0.241 e. The molecule has 168 valence electrons. The van der Waals surface area contributed by atoms with Gasteiger partial charge in [0.05, 0.1) is 11.5 Å². The minimum absolute atomic E-state index is 0.0810. The summed E-state index contributed by atoms with van der Waals surface area (Å²) in [5, 5.41) is 0. The van der Waals surface area contributed by atoms with E-state index < -0.39 is 16.1 Å². The zero-order valence-electron chi connectivity index (χ0n) is 18.3. The summed E-state index contributed by atoms with van der Waals surface area (Å²) in [6.45, 7) is 2.74. The second-order valence-electron chi connectivity index (χ2n) is 7.45. The van der Waals surface area contributed by atoms with Gasteiger partial charge < -0.3 is 9.64 Å². The molecule has 0 aliphatic carbocycles. The lowest BCUT2D eigenvalue weighted by atomic mass is 10.1. The highest BCUT2D eigenvalue weighted by Crippen LogP contribution is 2.17. The molecule has 0 saturated carbocycles. The number of ether oxygens (including phenoxy) is 1. The topological polar surface area (TPSA) is 75.7 Å². The van der Waals surface area contributed by atoms with Crippen LogP contribution in [0.2, 0.25) is 0 Å². The van der Waals surface area contributed by atoms with Crippen molar-refractivity contribution in [2.45, 2.75) is 30.8 Å². The van der Waals surface area contributed by atoms with Gasteiger partial charge in [-0.25, -0.2) is 8.42 Å². The Morgan fingerprint density at radius 2 is 1.47 bits per heavy atom. The number of likely N-dealkylation sites (N-methyl/N-ethyl adjacent to an activating group) is 1. The first-order valence-corrected chi connectivity index (χ1v) is 12.0. The molecule has 3 aromatic rings. The Morgan fingerprint density at radius 1 is 0.906 bits per heavy atom. The zero-order valence-corrected chi connectivity index (χ0v) is 19.1. The van der Waals surface area contributed by atoms with Crippen molar-refractivity contribution in [1.29, 1.82) is 0 Å². The summed E-state index contributed by atoms with van der Waals surface area (Å²) < 4.78 is 34.1. The minimum Gasteiger partial charge on any atom is -0.494 e. The maximum absolute atomic E-state index is 13.3. The molecule has 0 saturated heterocycles. The molecule has 1 amide bonds. The Labute approximate surface area is 189 Å². The maximum atomic E-state index is 13.3. The molecule has 0 aromatic heterocycles. The summed E-state index contributed by atoms with van der Waals surface area (Å²) in [5.41, 5.74) is 1.84. The van der Waals surface area contributed by atoms with Crippen LogP contribution in [0.4, 0.5) is 0 Å². The fraction of sp³-hybridized carbons (Fsp3) is 0.240. The first kappa shape index (κ1) is 23.5. The molecule has 0 aliphatic heterocycles. The molecule has 0 spiro atoms. The number of carbonyl (C=O) groups excluding carboxylic acids is 1. The van der Waals surface area contributed by atoms with Crippen molar-refractivity contribution >= 4 is 15.9 Å². The van der Waals surface area contributed by atoms with Gasteiger partial charge in [-0.05, 0) is 48.7 Å². The maximum Gasteiger partial charge on any atom is 0.241 e. The zero-order chi connectivity index (χ0) is 23.0. The van der Waals surface area contributed by atoms with Gasteiger partial charge in [-0.3, -0.25) is 4.79 Å². The molecule has 1 atom stereocenters. The molecule has 1 N–H and O–H groups in total. The largest absolute Gasteiger partial charge is 0.494 e. The molecular weight excluding hydrogens is 424 g/mol. The SMILES string of the molecule is CCOc1ccc(S(=O)(=O)N[C@@H](Cc2ccccc2)C(=O)N(C)Cc2ccccc2)cc1. The number of hydrogen-bond acceptors (Lipinski definition) is 4. The van der Waals surface area contributed by atoms with Gasteiger partial charge in [0, 0.05) is 13.6 Å². The standard InChI is InChI=1S/C25H28N2O4S/c1-3-31-22-14-16-23(17-15-22)32(29,30)26-24(18-20-10-6-4-7-11-20)25(28)27(2)19-21-12-8-5-9-13-21/h4-17,24,26H,3,18-19H2,1-2H3/t24-/m0/s1. The van der Waals surface area contributed by atoms with Gasteiger partial charge in [-0.15, -0.1) is 0 Å². The van der Waals surface area contributed by atoms with E-state index in [4.69, 9.17) is 4.74 Å². The normalized spacial score (nSPS) is 12.2. The van der Waals surface area contributed by atoms with Crippen molar-refractivity contribution in [2.24, 2.45) is 0 Å². The number of rotatable bonds is 10. The number of nitrogens with one attached hydrogen (secondary N) is 1. The lowest BCUT2D eigenvalue weighted by Gasteiger charge is -2.25.